The summed E-state index contributed by atoms with van der Waals surface area (Å²) in [5.74, 6) is 0.811. The van der Waals surface area contributed by atoms with Crippen LogP contribution < -0.4 is 10.6 Å². The van der Waals surface area contributed by atoms with Gasteiger partial charge in [-0.15, -0.1) is 11.3 Å². The van der Waals surface area contributed by atoms with Crippen molar-refractivity contribution in [3.05, 3.63) is 57.3 Å². The van der Waals surface area contributed by atoms with Crippen LogP contribution in [0.25, 0.3) is 0 Å². The molecule has 0 aliphatic heterocycles. The van der Waals surface area contributed by atoms with E-state index < -0.39 is 0 Å². The van der Waals surface area contributed by atoms with Crippen LogP contribution in [0.4, 0.5) is 0 Å². The molecule has 0 aliphatic rings. The van der Waals surface area contributed by atoms with Crippen LogP contribution in [0, 0.1) is 6.92 Å². The van der Waals surface area contributed by atoms with Crippen molar-refractivity contribution in [1.82, 2.24) is 10.6 Å². The molecule has 0 saturated heterocycles. The monoisotopic (exact) mass is 345 g/mol. The van der Waals surface area contributed by atoms with Gasteiger partial charge in [0.2, 0.25) is 0 Å². The summed E-state index contributed by atoms with van der Waals surface area (Å²) in [5.41, 5.74) is 1.98. The Labute approximate surface area is 148 Å². The molecular formula is C19H27N3OS. The summed E-state index contributed by atoms with van der Waals surface area (Å²) in [6, 6.07) is 12.5. The Balaban J connectivity index is 1.99. The van der Waals surface area contributed by atoms with E-state index in [1.165, 1.54) is 9.75 Å². The third kappa shape index (κ3) is 5.65. The van der Waals surface area contributed by atoms with Gasteiger partial charge in [0.1, 0.15) is 0 Å². The number of nitrogens with zero attached hydrogens (tertiary/aromatic N) is 1. The number of aliphatic hydroxyl groups is 1. The van der Waals surface area contributed by atoms with Crippen molar-refractivity contribution in [2.45, 2.75) is 46.4 Å². The molecule has 0 radical (unpaired) electrons. The topological polar surface area (TPSA) is 56.7 Å². The molecule has 1 unspecified atom stereocenters. The molecule has 0 spiro atoms. The highest BCUT2D eigenvalue weighted by atomic mass is 32.1. The van der Waals surface area contributed by atoms with E-state index in [1.807, 2.05) is 35.6 Å². The first kappa shape index (κ1) is 18.5. The van der Waals surface area contributed by atoms with Crippen LogP contribution in [0.5, 0.6) is 0 Å². The fraction of sp³-hybridized carbons (Fsp3) is 0.421. The molecule has 1 aromatic heterocycles. The van der Waals surface area contributed by atoms with E-state index >= 15 is 0 Å². The number of aliphatic imine (C=N–C) groups is 1. The van der Waals surface area contributed by atoms with Crippen LogP contribution in [0.3, 0.4) is 0 Å². The largest absolute Gasteiger partial charge is 0.392 e. The van der Waals surface area contributed by atoms with Crippen LogP contribution >= 0.6 is 11.3 Å². The Morgan fingerprint density at radius 1 is 1.21 bits per heavy atom. The molecular weight excluding hydrogens is 318 g/mol. The second-order valence-electron chi connectivity index (χ2n) is 5.88. The van der Waals surface area contributed by atoms with Crippen molar-refractivity contribution < 1.29 is 5.11 Å². The molecule has 0 amide bonds. The lowest BCUT2D eigenvalue weighted by Crippen LogP contribution is -2.43. The summed E-state index contributed by atoms with van der Waals surface area (Å²) in [7, 11) is 0. The third-order valence-electron chi connectivity index (χ3n) is 3.73. The van der Waals surface area contributed by atoms with Gasteiger partial charge in [-0.2, -0.15) is 0 Å². The predicted molar refractivity (Wildman–Crippen MR) is 103 cm³/mol. The molecule has 3 N–H and O–H groups in total. The Morgan fingerprint density at radius 3 is 2.58 bits per heavy atom. The molecule has 0 aliphatic carbocycles. The summed E-state index contributed by atoms with van der Waals surface area (Å²) in [5, 5.41) is 16.2. The molecule has 4 nitrogen and oxygen atoms in total. The fourth-order valence-corrected chi connectivity index (χ4v) is 3.55. The zero-order valence-corrected chi connectivity index (χ0v) is 15.5. The minimum atomic E-state index is 0.0454. The van der Waals surface area contributed by atoms with Gasteiger partial charge in [-0.3, -0.25) is 0 Å². The number of hydrogen-bond donors (Lipinski definition) is 3. The van der Waals surface area contributed by atoms with Gasteiger partial charge in [-0.1, -0.05) is 24.3 Å². The molecule has 2 aromatic rings. The van der Waals surface area contributed by atoms with Crippen molar-refractivity contribution in [1.29, 1.82) is 0 Å². The van der Waals surface area contributed by atoms with E-state index in [1.54, 1.807) is 0 Å². The maximum atomic E-state index is 9.42. The predicted octanol–water partition coefficient (Wildman–Crippen LogP) is 3.24. The lowest BCUT2D eigenvalue weighted by atomic mass is 10.1. The number of benzene rings is 1. The van der Waals surface area contributed by atoms with Gasteiger partial charge in [-0.05, 0) is 44.0 Å². The van der Waals surface area contributed by atoms with Crippen LogP contribution in [0.2, 0.25) is 0 Å². The van der Waals surface area contributed by atoms with Crippen molar-refractivity contribution in [3.63, 3.8) is 0 Å². The van der Waals surface area contributed by atoms with Crippen LogP contribution in [-0.4, -0.2) is 23.7 Å². The van der Waals surface area contributed by atoms with Gasteiger partial charge in [0.25, 0.3) is 0 Å². The van der Waals surface area contributed by atoms with E-state index in [-0.39, 0.29) is 6.61 Å². The number of guanidine groups is 1. The van der Waals surface area contributed by atoms with E-state index in [0.29, 0.717) is 12.6 Å². The minimum absolute atomic E-state index is 0.0454. The molecule has 0 fully saturated rings. The summed E-state index contributed by atoms with van der Waals surface area (Å²) in [6.07, 6.45) is 0.982. The lowest BCUT2D eigenvalue weighted by molar-refractivity contribution is 0.280. The Bertz CT molecular complexity index is 666. The second-order valence-corrected chi connectivity index (χ2v) is 7.26. The SMILES string of the molecule is CCNC(=NCc1ccccc1CO)NC(C)Cc1ccc(C)s1. The highest BCUT2D eigenvalue weighted by molar-refractivity contribution is 7.11. The van der Waals surface area contributed by atoms with Crippen molar-refractivity contribution >= 4 is 17.3 Å². The number of aliphatic hydroxyl groups excluding tert-OH is 1. The smallest absolute Gasteiger partial charge is 0.191 e. The average molecular weight is 346 g/mol. The van der Waals surface area contributed by atoms with Crippen LogP contribution in [0.15, 0.2) is 41.4 Å². The number of rotatable bonds is 7. The standard InChI is InChI=1S/C19H27N3OS/c1-4-20-19(21-12-16-7-5-6-8-17(16)13-23)22-14(2)11-18-10-9-15(3)24-18/h5-10,14,23H,4,11-13H2,1-3H3,(H2,20,21,22). The molecule has 0 bridgehead atoms. The fourth-order valence-electron chi connectivity index (χ4n) is 2.53. The Morgan fingerprint density at radius 2 is 1.96 bits per heavy atom. The summed E-state index contributed by atoms with van der Waals surface area (Å²) >= 11 is 1.84. The van der Waals surface area contributed by atoms with Gasteiger partial charge >= 0.3 is 0 Å². The molecule has 1 heterocycles. The first-order chi connectivity index (χ1) is 11.6. The molecule has 1 aromatic carbocycles. The second kappa shape index (κ2) is 9.45. The van der Waals surface area contributed by atoms with Gasteiger partial charge in [0.05, 0.1) is 13.2 Å². The molecule has 2 rings (SSSR count). The molecule has 0 saturated carbocycles. The summed E-state index contributed by atoms with van der Waals surface area (Å²) in [6.45, 7) is 7.78. The number of hydrogen-bond acceptors (Lipinski definition) is 3. The molecule has 130 valence electrons. The number of thiophene rings is 1. The first-order valence-electron chi connectivity index (χ1n) is 8.40. The minimum Gasteiger partial charge on any atom is -0.392 e. The van der Waals surface area contributed by atoms with Crippen LogP contribution in [0.1, 0.15) is 34.7 Å². The quantitative estimate of drug-likeness (QED) is 0.533. The van der Waals surface area contributed by atoms with Crippen molar-refractivity contribution in [3.8, 4) is 0 Å². The van der Waals surface area contributed by atoms with Gasteiger partial charge < -0.3 is 15.7 Å². The van der Waals surface area contributed by atoms with Crippen molar-refractivity contribution in [2.75, 3.05) is 6.54 Å². The van der Waals surface area contributed by atoms with Crippen molar-refractivity contribution in [2.24, 2.45) is 4.99 Å². The first-order valence-corrected chi connectivity index (χ1v) is 9.21. The maximum absolute atomic E-state index is 9.42. The number of aryl methyl sites for hydroxylation is 1. The third-order valence-corrected chi connectivity index (χ3v) is 4.75. The zero-order valence-electron chi connectivity index (χ0n) is 14.7. The Kier molecular flexibility index (Phi) is 7.28. The highest BCUT2D eigenvalue weighted by Gasteiger charge is 2.08. The van der Waals surface area contributed by atoms with Gasteiger partial charge in [-0.25, -0.2) is 4.99 Å². The molecule has 24 heavy (non-hydrogen) atoms. The zero-order chi connectivity index (χ0) is 17.4. The summed E-state index contributed by atoms with van der Waals surface area (Å²) in [4.78, 5) is 7.39. The maximum Gasteiger partial charge on any atom is 0.191 e. The normalized spacial score (nSPS) is 12.9. The van der Waals surface area contributed by atoms with E-state index in [4.69, 9.17) is 0 Å². The van der Waals surface area contributed by atoms with E-state index in [2.05, 4.69) is 48.5 Å². The molecule has 1 atom stereocenters. The van der Waals surface area contributed by atoms with Gasteiger partial charge in [0, 0.05) is 28.8 Å². The average Bonchev–Trinajstić information content (AvgIpc) is 2.97. The van der Waals surface area contributed by atoms with Gasteiger partial charge in [0.15, 0.2) is 5.96 Å². The highest BCUT2D eigenvalue weighted by Crippen LogP contribution is 2.16. The van der Waals surface area contributed by atoms with E-state index in [0.717, 1.165) is 30.1 Å². The Hall–Kier alpha value is -1.85. The van der Waals surface area contributed by atoms with Crippen LogP contribution in [-0.2, 0) is 19.6 Å². The molecule has 5 heteroatoms. The lowest BCUT2D eigenvalue weighted by Gasteiger charge is -2.17. The van der Waals surface area contributed by atoms with E-state index in [9.17, 15) is 5.11 Å². The summed E-state index contributed by atoms with van der Waals surface area (Å²) < 4.78 is 0. The number of nitrogens with one attached hydrogen (secondary N) is 2.